The number of rotatable bonds is 4. The number of aromatic nitrogens is 2. The van der Waals surface area contributed by atoms with Gasteiger partial charge in [-0.15, -0.1) is 11.3 Å². The first-order chi connectivity index (χ1) is 9.92. The number of carbonyl (C=O) groups excluding carboxylic acids is 1. The van der Waals surface area contributed by atoms with Gasteiger partial charge in [0.15, 0.2) is 0 Å². The van der Waals surface area contributed by atoms with Crippen molar-refractivity contribution in [2.24, 2.45) is 0 Å². The molecule has 2 amide bonds. The average molecular weight is 306 g/mol. The van der Waals surface area contributed by atoms with Crippen LogP contribution in [0.2, 0.25) is 0 Å². The van der Waals surface area contributed by atoms with Crippen molar-refractivity contribution in [1.29, 1.82) is 0 Å². The molecule has 0 bridgehead atoms. The molecule has 0 aliphatic carbocycles. The van der Waals surface area contributed by atoms with Crippen molar-refractivity contribution in [1.82, 2.24) is 14.7 Å². The molecule has 2 aromatic heterocycles. The van der Waals surface area contributed by atoms with Crippen LogP contribution in [0.15, 0.2) is 12.1 Å². The molecule has 1 N–H and O–H groups in total. The average Bonchev–Trinajstić information content (AvgIpc) is 2.96. The molecule has 0 radical (unpaired) electrons. The van der Waals surface area contributed by atoms with Gasteiger partial charge in [-0.05, 0) is 39.8 Å². The first kappa shape index (κ1) is 15.6. The molecule has 2 heterocycles. The van der Waals surface area contributed by atoms with Crippen LogP contribution in [0.25, 0.3) is 0 Å². The second-order valence-electron chi connectivity index (χ2n) is 5.16. The van der Waals surface area contributed by atoms with Crippen molar-refractivity contribution in [2.45, 2.75) is 40.8 Å². The fraction of sp³-hybridized carbons (Fsp3) is 0.467. The third-order valence-corrected chi connectivity index (χ3v) is 4.43. The molecule has 5 nitrogen and oxygen atoms in total. The maximum atomic E-state index is 12.3. The molecule has 0 aliphatic rings. The Kier molecular flexibility index (Phi) is 4.67. The number of amides is 2. The molecule has 6 heteroatoms. The molecular weight excluding hydrogens is 284 g/mol. The van der Waals surface area contributed by atoms with Gasteiger partial charge in [0.2, 0.25) is 0 Å². The van der Waals surface area contributed by atoms with E-state index in [9.17, 15) is 4.79 Å². The molecule has 0 spiro atoms. The lowest BCUT2D eigenvalue weighted by molar-refractivity contribution is 0.221. The summed E-state index contributed by atoms with van der Waals surface area (Å²) in [5.41, 5.74) is 2.66. The van der Waals surface area contributed by atoms with Crippen LogP contribution >= 0.6 is 11.3 Å². The van der Waals surface area contributed by atoms with Gasteiger partial charge in [-0.25, -0.2) is 4.79 Å². The van der Waals surface area contributed by atoms with Gasteiger partial charge in [-0.1, -0.05) is 0 Å². The molecule has 0 unspecified atom stereocenters. The lowest BCUT2D eigenvalue weighted by Gasteiger charge is -2.17. The van der Waals surface area contributed by atoms with Crippen molar-refractivity contribution >= 4 is 23.1 Å². The summed E-state index contributed by atoms with van der Waals surface area (Å²) in [5, 5.41) is 7.38. The Labute approximate surface area is 129 Å². The van der Waals surface area contributed by atoms with Crippen LogP contribution in [0, 0.1) is 20.8 Å². The fourth-order valence-corrected chi connectivity index (χ4v) is 3.21. The van der Waals surface area contributed by atoms with E-state index in [2.05, 4.69) is 29.5 Å². The first-order valence-electron chi connectivity index (χ1n) is 7.03. The lowest BCUT2D eigenvalue weighted by Crippen LogP contribution is -2.30. The molecule has 0 aliphatic heterocycles. The van der Waals surface area contributed by atoms with Crippen LogP contribution in [-0.2, 0) is 13.1 Å². The van der Waals surface area contributed by atoms with E-state index in [0.717, 1.165) is 23.6 Å². The Balaban J connectivity index is 2.05. The molecule has 0 fully saturated rings. The highest BCUT2D eigenvalue weighted by molar-refractivity contribution is 7.11. The largest absolute Gasteiger partial charge is 0.322 e. The van der Waals surface area contributed by atoms with Crippen LogP contribution in [0.1, 0.15) is 28.1 Å². The Morgan fingerprint density at radius 1 is 1.38 bits per heavy atom. The predicted octanol–water partition coefficient (Wildman–Crippen LogP) is 3.55. The summed E-state index contributed by atoms with van der Waals surface area (Å²) in [6.07, 6.45) is 0. The van der Waals surface area contributed by atoms with Crippen molar-refractivity contribution in [3.05, 3.63) is 33.3 Å². The Morgan fingerprint density at radius 2 is 2.10 bits per heavy atom. The van der Waals surface area contributed by atoms with Crippen molar-refractivity contribution in [3.8, 4) is 0 Å². The highest BCUT2D eigenvalue weighted by Crippen LogP contribution is 2.21. The zero-order valence-electron chi connectivity index (χ0n) is 13.2. The molecule has 114 valence electrons. The molecule has 2 aromatic rings. The molecule has 0 saturated carbocycles. The predicted molar refractivity (Wildman–Crippen MR) is 86.9 cm³/mol. The fourth-order valence-electron chi connectivity index (χ4n) is 2.26. The second kappa shape index (κ2) is 6.30. The van der Waals surface area contributed by atoms with E-state index in [1.165, 1.54) is 9.75 Å². The third-order valence-electron chi connectivity index (χ3n) is 3.45. The van der Waals surface area contributed by atoms with Gasteiger partial charge in [-0.2, -0.15) is 5.10 Å². The van der Waals surface area contributed by atoms with Gasteiger partial charge < -0.3 is 10.2 Å². The minimum Gasteiger partial charge on any atom is -0.322 e. The van der Waals surface area contributed by atoms with E-state index in [0.29, 0.717) is 6.54 Å². The highest BCUT2D eigenvalue weighted by atomic mass is 32.1. The van der Waals surface area contributed by atoms with Gasteiger partial charge in [0.05, 0.1) is 23.6 Å². The molecule has 0 atom stereocenters. The number of nitrogens with one attached hydrogen (secondary N) is 1. The summed E-state index contributed by atoms with van der Waals surface area (Å²) in [4.78, 5) is 16.4. The standard InChI is InChI=1S/C15H22N4OS/c1-6-19-12(4)14(11(3)17-19)16-15(20)18(5)9-13-8-7-10(2)21-13/h7-8H,6,9H2,1-5H3,(H,16,20). The number of thiophene rings is 1. The third kappa shape index (κ3) is 3.44. The minimum absolute atomic E-state index is 0.108. The summed E-state index contributed by atoms with van der Waals surface area (Å²) in [6, 6.07) is 4.03. The van der Waals surface area contributed by atoms with E-state index in [1.807, 2.05) is 25.5 Å². The second-order valence-corrected chi connectivity index (χ2v) is 6.53. The summed E-state index contributed by atoms with van der Waals surface area (Å²) >= 11 is 1.72. The number of hydrogen-bond donors (Lipinski definition) is 1. The number of hydrogen-bond acceptors (Lipinski definition) is 3. The van der Waals surface area contributed by atoms with Crippen LogP contribution < -0.4 is 5.32 Å². The van der Waals surface area contributed by atoms with Crippen LogP contribution in [0.3, 0.4) is 0 Å². The zero-order valence-corrected chi connectivity index (χ0v) is 14.0. The summed E-state index contributed by atoms with van der Waals surface area (Å²) in [5.74, 6) is 0. The van der Waals surface area contributed by atoms with Gasteiger partial charge >= 0.3 is 6.03 Å². The zero-order chi connectivity index (χ0) is 15.6. The van der Waals surface area contributed by atoms with E-state index in [4.69, 9.17) is 0 Å². The smallest absolute Gasteiger partial charge is 0.322 e. The minimum atomic E-state index is -0.108. The Morgan fingerprint density at radius 3 is 2.62 bits per heavy atom. The number of nitrogens with zero attached hydrogens (tertiary/aromatic N) is 3. The topological polar surface area (TPSA) is 50.2 Å². The SMILES string of the molecule is CCn1nc(C)c(NC(=O)N(C)Cc2ccc(C)s2)c1C. The summed E-state index contributed by atoms with van der Waals surface area (Å²) in [6.45, 7) is 9.41. The number of anilines is 1. The monoisotopic (exact) mass is 306 g/mol. The van der Waals surface area contributed by atoms with E-state index in [-0.39, 0.29) is 6.03 Å². The van der Waals surface area contributed by atoms with E-state index < -0.39 is 0 Å². The summed E-state index contributed by atoms with van der Waals surface area (Å²) < 4.78 is 1.90. The van der Waals surface area contributed by atoms with Gasteiger partial charge in [0.1, 0.15) is 0 Å². The van der Waals surface area contributed by atoms with E-state index >= 15 is 0 Å². The summed E-state index contributed by atoms with van der Waals surface area (Å²) in [7, 11) is 1.80. The molecule has 2 rings (SSSR count). The highest BCUT2D eigenvalue weighted by Gasteiger charge is 2.16. The Bertz CT molecular complexity index is 644. The molecular formula is C15H22N4OS. The number of aryl methyl sites for hydroxylation is 3. The van der Waals surface area contributed by atoms with Gasteiger partial charge in [0.25, 0.3) is 0 Å². The van der Waals surface area contributed by atoms with Gasteiger partial charge in [-0.3, -0.25) is 4.68 Å². The van der Waals surface area contributed by atoms with Crippen molar-refractivity contribution in [2.75, 3.05) is 12.4 Å². The maximum absolute atomic E-state index is 12.3. The van der Waals surface area contributed by atoms with Crippen molar-refractivity contribution < 1.29 is 4.79 Å². The van der Waals surface area contributed by atoms with Crippen molar-refractivity contribution in [3.63, 3.8) is 0 Å². The van der Waals surface area contributed by atoms with Crippen LogP contribution in [-0.4, -0.2) is 27.8 Å². The first-order valence-corrected chi connectivity index (χ1v) is 7.85. The van der Waals surface area contributed by atoms with E-state index in [1.54, 1.807) is 23.3 Å². The Hall–Kier alpha value is -1.82. The number of carbonyl (C=O) groups is 1. The van der Waals surface area contributed by atoms with Crippen LogP contribution in [0.5, 0.6) is 0 Å². The quantitative estimate of drug-likeness (QED) is 0.939. The van der Waals surface area contributed by atoms with Gasteiger partial charge in [0, 0.05) is 23.3 Å². The maximum Gasteiger partial charge on any atom is 0.322 e. The molecule has 0 aromatic carbocycles. The lowest BCUT2D eigenvalue weighted by atomic mass is 10.3. The molecule has 21 heavy (non-hydrogen) atoms. The number of urea groups is 1. The normalized spacial score (nSPS) is 10.7. The molecule has 0 saturated heterocycles. The van der Waals surface area contributed by atoms with Crippen LogP contribution in [0.4, 0.5) is 10.5 Å².